The highest BCUT2D eigenvalue weighted by atomic mass is 16.5. The highest BCUT2D eigenvalue weighted by Crippen LogP contribution is 2.21. The molecule has 2 atom stereocenters. The van der Waals surface area contributed by atoms with E-state index in [0.29, 0.717) is 0 Å². The first-order valence-corrected chi connectivity index (χ1v) is 7.50. The summed E-state index contributed by atoms with van der Waals surface area (Å²) in [4.78, 5) is 4.39. The minimum absolute atomic E-state index is 0.204. The first-order chi connectivity index (χ1) is 10.1. The van der Waals surface area contributed by atoms with Gasteiger partial charge in [-0.15, -0.1) is 0 Å². The lowest BCUT2D eigenvalue weighted by Gasteiger charge is -2.20. The van der Waals surface area contributed by atoms with Crippen molar-refractivity contribution < 1.29 is 4.74 Å². The van der Waals surface area contributed by atoms with Gasteiger partial charge in [-0.05, 0) is 57.5 Å². The highest BCUT2D eigenvalue weighted by molar-refractivity contribution is 5.29. The van der Waals surface area contributed by atoms with Crippen molar-refractivity contribution in [3.63, 3.8) is 0 Å². The molecule has 1 N–H and O–H groups in total. The van der Waals surface area contributed by atoms with Crippen LogP contribution in [-0.4, -0.2) is 11.1 Å². The fourth-order valence-electron chi connectivity index (χ4n) is 2.30. The molecular formula is C18H24N2O. The van der Waals surface area contributed by atoms with E-state index in [4.69, 9.17) is 4.74 Å². The number of pyridine rings is 1. The zero-order chi connectivity index (χ0) is 15.2. The summed E-state index contributed by atoms with van der Waals surface area (Å²) >= 11 is 0. The summed E-state index contributed by atoms with van der Waals surface area (Å²) in [6, 6.07) is 14.8. The van der Waals surface area contributed by atoms with Crippen LogP contribution in [0.1, 0.15) is 51.0 Å². The van der Waals surface area contributed by atoms with E-state index in [1.165, 1.54) is 5.56 Å². The lowest BCUT2D eigenvalue weighted by atomic mass is 10.1. The fourth-order valence-corrected chi connectivity index (χ4v) is 2.30. The predicted molar refractivity (Wildman–Crippen MR) is 86.4 cm³/mol. The average molecular weight is 284 g/mol. The average Bonchev–Trinajstić information content (AvgIpc) is 2.48. The maximum absolute atomic E-state index is 5.67. The molecule has 3 heteroatoms. The highest BCUT2D eigenvalue weighted by Gasteiger charge is 2.12. The van der Waals surface area contributed by atoms with Crippen molar-refractivity contribution in [2.45, 2.75) is 45.9 Å². The van der Waals surface area contributed by atoms with E-state index in [-0.39, 0.29) is 18.2 Å². The fraction of sp³-hybridized carbons (Fsp3) is 0.389. The van der Waals surface area contributed by atoms with Crippen molar-refractivity contribution in [2.24, 2.45) is 0 Å². The summed E-state index contributed by atoms with van der Waals surface area (Å²) in [6.07, 6.45) is 2.03. The molecule has 1 aromatic heterocycles. The van der Waals surface area contributed by atoms with Gasteiger partial charge in [0.2, 0.25) is 0 Å². The summed E-state index contributed by atoms with van der Waals surface area (Å²) in [7, 11) is 0. The van der Waals surface area contributed by atoms with Crippen LogP contribution in [0, 0.1) is 0 Å². The summed E-state index contributed by atoms with van der Waals surface area (Å²) in [6.45, 7) is 8.37. The van der Waals surface area contributed by atoms with Crippen LogP contribution < -0.4 is 10.1 Å². The molecular weight excluding hydrogens is 260 g/mol. The first kappa shape index (κ1) is 15.5. The van der Waals surface area contributed by atoms with E-state index >= 15 is 0 Å². The lowest BCUT2D eigenvalue weighted by Crippen LogP contribution is -2.23. The molecule has 0 radical (unpaired) electrons. The number of nitrogens with zero attached hydrogens (tertiary/aromatic N) is 1. The minimum Gasteiger partial charge on any atom is -0.491 e. The van der Waals surface area contributed by atoms with E-state index < -0.39 is 0 Å². The van der Waals surface area contributed by atoms with Crippen molar-refractivity contribution in [2.75, 3.05) is 0 Å². The summed E-state index contributed by atoms with van der Waals surface area (Å²) in [5, 5.41) is 3.57. The number of benzene rings is 1. The van der Waals surface area contributed by atoms with Crippen LogP contribution in [0.5, 0.6) is 5.75 Å². The van der Waals surface area contributed by atoms with Crippen molar-refractivity contribution in [1.29, 1.82) is 0 Å². The van der Waals surface area contributed by atoms with Gasteiger partial charge in [0.05, 0.1) is 11.8 Å². The Balaban J connectivity index is 1.98. The van der Waals surface area contributed by atoms with Gasteiger partial charge in [0.1, 0.15) is 5.75 Å². The van der Waals surface area contributed by atoms with Crippen molar-refractivity contribution >= 4 is 0 Å². The molecule has 0 spiro atoms. The Bertz CT molecular complexity index is 537. The van der Waals surface area contributed by atoms with Gasteiger partial charge in [-0.25, -0.2) is 0 Å². The van der Waals surface area contributed by atoms with E-state index in [0.717, 1.165) is 11.4 Å². The number of rotatable bonds is 6. The van der Waals surface area contributed by atoms with Crippen LogP contribution in [0.25, 0.3) is 0 Å². The SMILES string of the molecule is CC(C)Oc1ccc(C(C)N[C@@H](C)c2ccccn2)cc1. The van der Waals surface area contributed by atoms with Crippen LogP contribution >= 0.6 is 0 Å². The lowest BCUT2D eigenvalue weighted by molar-refractivity contribution is 0.242. The molecule has 0 saturated heterocycles. The number of ether oxygens (including phenoxy) is 1. The first-order valence-electron chi connectivity index (χ1n) is 7.50. The molecule has 0 saturated carbocycles. The Hall–Kier alpha value is -1.87. The van der Waals surface area contributed by atoms with Crippen LogP contribution in [0.15, 0.2) is 48.7 Å². The molecule has 21 heavy (non-hydrogen) atoms. The third-order valence-corrected chi connectivity index (χ3v) is 3.38. The maximum atomic E-state index is 5.67. The molecule has 1 unspecified atom stereocenters. The topological polar surface area (TPSA) is 34.1 Å². The van der Waals surface area contributed by atoms with E-state index in [1.54, 1.807) is 0 Å². The second kappa shape index (κ2) is 7.23. The van der Waals surface area contributed by atoms with Crippen LogP contribution in [0.3, 0.4) is 0 Å². The standard InChI is InChI=1S/C18H24N2O/c1-13(2)21-17-10-8-16(9-11-17)14(3)20-15(4)18-7-5-6-12-19-18/h5-15,20H,1-4H3/t14?,15-/m0/s1. The van der Waals surface area contributed by atoms with Gasteiger partial charge in [0, 0.05) is 18.3 Å². The van der Waals surface area contributed by atoms with Crippen LogP contribution in [0.4, 0.5) is 0 Å². The van der Waals surface area contributed by atoms with Gasteiger partial charge in [-0.3, -0.25) is 4.98 Å². The Morgan fingerprint density at radius 1 is 0.905 bits per heavy atom. The van der Waals surface area contributed by atoms with Crippen LogP contribution in [0.2, 0.25) is 0 Å². The largest absolute Gasteiger partial charge is 0.491 e. The zero-order valence-electron chi connectivity index (χ0n) is 13.2. The Morgan fingerprint density at radius 3 is 2.19 bits per heavy atom. The third-order valence-electron chi connectivity index (χ3n) is 3.38. The van der Waals surface area contributed by atoms with Gasteiger partial charge in [-0.2, -0.15) is 0 Å². The molecule has 3 nitrogen and oxygen atoms in total. The van der Waals surface area contributed by atoms with Crippen molar-refractivity contribution in [3.8, 4) is 5.75 Å². The Labute approximate surface area is 127 Å². The molecule has 0 fully saturated rings. The van der Waals surface area contributed by atoms with Gasteiger partial charge < -0.3 is 10.1 Å². The molecule has 0 bridgehead atoms. The predicted octanol–water partition coefficient (Wildman–Crippen LogP) is 4.28. The van der Waals surface area contributed by atoms with Gasteiger partial charge >= 0.3 is 0 Å². The van der Waals surface area contributed by atoms with Crippen molar-refractivity contribution in [1.82, 2.24) is 10.3 Å². The molecule has 0 aliphatic heterocycles. The third kappa shape index (κ3) is 4.57. The molecule has 112 valence electrons. The molecule has 2 rings (SSSR count). The number of hydrogen-bond donors (Lipinski definition) is 1. The summed E-state index contributed by atoms with van der Waals surface area (Å²) in [5.74, 6) is 0.915. The maximum Gasteiger partial charge on any atom is 0.119 e. The van der Waals surface area contributed by atoms with E-state index in [2.05, 4.69) is 36.3 Å². The molecule has 1 heterocycles. The minimum atomic E-state index is 0.204. The number of hydrogen-bond acceptors (Lipinski definition) is 3. The summed E-state index contributed by atoms with van der Waals surface area (Å²) in [5.41, 5.74) is 2.30. The normalized spacial score (nSPS) is 14.0. The second-order valence-corrected chi connectivity index (χ2v) is 5.60. The van der Waals surface area contributed by atoms with Gasteiger partial charge in [0.15, 0.2) is 0 Å². The molecule has 0 amide bonds. The van der Waals surface area contributed by atoms with E-state index in [1.807, 2.05) is 50.4 Å². The van der Waals surface area contributed by atoms with Crippen LogP contribution in [-0.2, 0) is 0 Å². The monoisotopic (exact) mass is 284 g/mol. The van der Waals surface area contributed by atoms with Crippen molar-refractivity contribution in [3.05, 3.63) is 59.9 Å². The second-order valence-electron chi connectivity index (χ2n) is 5.60. The molecule has 1 aromatic carbocycles. The molecule has 2 aromatic rings. The Morgan fingerprint density at radius 2 is 1.62 bits per heavy atom. The van der Waals surface area contributed by atoms with Gasteiger partial charge in [0.25, 0.3) is 0 Å². The molecule has 0 aliphatic rings. The molecule has 0 aliphatic carbocycles. The number of aromatic nitrogens is 1. The Kier molecular flexibility index (Phi) is 5.34. The van der Waals surface area contributed by atoms with E-state index in [9.17, 15) is 0 Å². The summed E-state index contributed by atoms with van der Waals surface area (Å²) < 4.78 is 5.67. The quantitative estimate of drug-likeness (QED) is 0.859. The number of nitrogens with one attached hydrogen (secondary N) is 1. The smallest absolute Gasteiger partial charge is 0.119 e. The van der Waals surface area contributed by atoms with Gasteiger partial charge in [-0.1, -0.05) is 18.2 Å². The zero-order valence-corrected chi connectivity index (χ0v) is 13.2.